The highest BCUT2D eigenvalue weighted by molar-refractivity contribution is 5.83. The third-order valence-corrected chi connectivity index (χ3v) is 3.07. The molecular formula is C12H16O3. The second-order valence-electron chi connectivity index (χ2n) is 4.70. The van der Waals surface area contributed by atoms with E-state index >= 15 is 0 Å². The van der Waals surface area contributed by atoms with Gasteiger partial charge in [-0.25, -0.2) is 0 Å². The zero-order valence-corrected chi connectivity index (χ0v) is 9.59. The molecule has 2 atom stereocenters. The molecule has 0 aliphatic heterocycles. The summed E-state index contributed by atoms with van der Waals surface area (Å²) in [5.41, 5.74) is -0.451. The molecule has 0 spiro atoms. The van der Waals surface area contributed by atoms with E-state index in [-0.39, 0.29) is 0 Å². The Morgan fingerprint density at radius 3 is 2.33 bits per heavy atom. The first-order valence-corrected chi connectivity index (χ1v) is 4.96. The van der Waals surface area contributed by atoms with Crippen LogP contribution in [-0.2, 0) is 14.3 Å². The van der Waals surface area contributed by atoms with Crippen molar-refractivity contribution in [2.75, 3.05) is 6.61 Å². The Balaban J connectivity index is 2.69. The molecule has 0 aromatic carbocycles. The average Bonchev–Trinajstić information content (AvgIpc) is 2.62. The van der Waals surface area contributed by atoms with E-state index in [0.29, 0.717) is 6.61 Å². The van der Waals surface area contributed by atoms with Crippen molar-refractivity contribution in [2.45, 2.75) is 33.3 Å². The number of rotatable bonds is 5. The normalized spacial score (nSPS) is 31.9. The minimum atomic E-state index is -1.08. The maximum Gasteiger partial charge on any atom is 0.234 e. The highest BCUT2D eigenvalue weighted by Crippen LogP contribution is 2.61. The number of hydrogen-bond donors (Lipinski definition) is 0. The summed E-state index contributed by atoms with van der Waals surface area (Å²) in [5.74, 6) is -0.493. The molecule has 1 saturated carbocycles. The third kappa shape index (κ3) is 1.76. The molecule has 1 aliphatic rings. The molecule has 1 rings (SSSR count). The second kappa shape index (κ2) is 3.89. The number of ether oxygens (including phenoxy) is 1. The van der Waals surface area contributed by atoms with E-state index in [4.69, 9.17) is 4.74 Å². The first-order chi connectivity index (χ1) is 6.92. The molecule has 0 N–H and O–H groups in total. The lowest BCUT2D eigenvalue weighted by atomic mass is 10.1. The van der Waals surface area contributed by atoms with Crippen LogP contribution in [-0.4, -0.2) is 24.8 Å². The fourth-order valence-electron chi connectivity index (χ4n) is 1.78. The van der Waals surface area contributed by atoms with Gasteiger partial charge in [0.25, 0.3) is 0 Å². The summed E-state index contributed by atoms with van der Waals surface area (Å²) in [4.78, 5) is 21.6. The molecule has 0 amide bonds. The van der Waals surface area contributed by atoms with Crippen molar-refractivity contribution in [3.63, 3.8) is 0 Å². The van der Waals surface area contributed by atoms with Gasteiger partial charge >= 0.3 is 0 Å². The van der Waals surface area contributed by atoms with Gasteiger partial charge in [0.05, 0.1) is 12.5 Å². The van der Waals surface area contributed by atoms with Crippen LogP contribution in [0.15, 0.2) is 11.6 Å². The molecule has 3 nitrogen and oxygen atoms in total. The van der Waals surface area contributed by atoms with Gasteiger partial charge in [0.15, 0.2) is 5.60 Å². The van der Waals surface area contributed by atoms with Gasteiger partial charge in [-0.3, -0.25) is 9.59 Å². The van der Waals surface area contributed by atoms with Crippen molar-refractivity contribution in [3.05, 3.63) is 11.6 Å². The minimum Gasteiger partial charge on any atom is -0.361 e. The van der Waals surface area contributed by atoms with Crippen molar-refractivity contribution in [1.29, 1.82) is 0 Å². The van der Waals surface area contributed by atoms with Gasteiger partial charge in [-0.2, -0.15) is 0 Å². The quantitative estimate of drug-likeness (QED) is 0.644. The molecule has 1 fully saturated rings. The van der Waals surface area contributed by atoms with Crippen LogP contribution in [0.3, 0.4) is 0 Å². The van der Waals surface area contributed by atoms with Gasteiger partial charge in [0.2, 0.25) is 12.6 Å². The van der Waals surface area contributed by atoms with E-state index in [1.54, 1.807) is 0 Å². The van der Waals surface area contributed by atoms with E-state index in [2.05, 4.69) is 0 Å². The molecule has 0 aromatic rings. The Morgan fingerprint density at radius 2 is 2.00 bits per heavy atom. The van der Waals surface area contributed by atoms with Crippen LogP contribution in [0.1, 0.15) is 27.7 Å². The lowest BCUT2D eigenvalue weighted by Crippen LogP contribution is -2.24. The standard InChI is InChI=1S/C12H16O3/c1-9(2)5-6-15-12(8-14)10(7-13)11(12,3)4/h5,10H,6H2,1-4H3. The van der Waals surface area contributed by atoms with Crippen molar-refractivity contribution in [1.82, 2.24) is 0 Å². The summed E-state index contributed by atoms with van der Waals surface area (Å²) in [6.45, 7) is 7.86. The predicted molar refractivity (Wildman–Crippen MR) is 56.8 cm³/mol. The zero-order valence-electron chi connectivity index (χ0n) is 9.59. The largest absolute Gasteiger partial charge is 0.361 e. The third-order valence-electron chi connectivity index (χ3n) is 3.07. The van der Waals surface area contributed by atoms with E-state index in [1.165, 1.54) is 0 Å². The summed E-state index contributed by atoms with van der Waals surface area (Å²) < 4.78 is 5.46. The van der Waals surface area contributed by atoms with Gasteiger partial charge in [0, 0.05) is 5.41 Å². The maximum atomic E-state index is 10.9. The molecule has 0 heterocycles. The SMILES string of the molecule is CC(C)=CCOC1([C]=O)C([C]=O)C1(C)C. The van der Waals surface area contributed by atoms with Crippen molar-refractivity contribution >= 4 is 12.6 Å². The van der Waals surface area contributed by atoms with Gasteiger partial charge in [-0.1, -0.05) is 25.5 Å². The summed E-state index contributed by atoms with van der Waals surface area (Å²) in [7, 11) is 0. The molecule has 82 valence electrons. The van der Waals surface area contributed by atoms with E-state index in [1.807, 2.05) is 46.3 Å². The molecule has 15 heavy (non-hydrogen) atoms. The number of allylic oxidation sites excluding steroid dienone is 1. The van der Waals surface area contributed by atoms with Gasteiger partial charge < -0.3 is 4.74 Å². The van der Waals surface area contributed by atoms with Crippen molar-refractivity contribution in [3.8, 4) is 0 Å². The molecule has 1 aliphatic carbocycles. The fourth-order valence-corrected chi connectivity index (χ4v) is 1.78. The molecule has 0 saturated heterocycles. The van der Waals surface area contributed by atoms with Crippen molar-refractivity contribution in [2.24, 2.45) is 11.3 Å². The van der Waals surface area contributed by atoms with Crippen LogP contribution in [0.25, 0.3) is 0 Å². The fraction of sp³-hybridized carbons (Fsp3) is 0.667. The Labute approximate surface area is 90.5 Å². The highest BCUT2D eigenvalue weighted by Gasteiger charge is 2.74. The Hall–Kier alpha value is -0.960. The smallest absolute Gasteiger partial charge is 0.234 e. The molecule has 3 heteroatoms. The zero-order chi connectivity index (χ0) is 11.7. The lowest BCUT2D eigenvalue weighted by Gasteiger charge is -2.11. The lowest BCUT2D eigenvalue weighted by molar-refractivity contribution is 0.0713. The van der Waals surface area contributed by atoms with Gasteiger partial charge in [0.1, 0.15) is 0 Å². The van der Waals surface area contributed by atoms with Crippen LogP contribution in [0.5, 0.6) is 0 Å². The maximum absolute atomic E-state index is 10.9. The van der Waals surface area contributed by atoms with Crippen LogP contribution < -0.4 is 0 Å². The second-order valence-corrected chi connectivity index (χ2v) is 4.70. The van der Waals surface area contributed by atoms with Crippen LogP contribution in [0.2, 0.25) is 0 Å². The number of carbonyl (C=O) groups excluding carboxylic acids is 2. The molecular weight excluding hydrogens is 192 g/mol. The first-order valence-electron chi connectivity index (χ1n) is 4.96. The van der Waals surface area contributed by atoms with Crippen LogP contribution in [0.4, 0.5) is 0 Å². The van der Waals surface area contributed by atoms with Gasteiger partial charge in [-0.05, 0) is 13.8 Å². The predicted octanol–water partition coefficient (Wildman–Crippen LogP) is 1.58. The molecule has 0 bridgehead atoms. The van der Waals surface area contributed by atoms with E-state index in [9.17, 15) is 9.59 Å². The Morgan fingerprint density at radius 1 is 1.40 bits per heavy atom. The topological polar surface area (TPSA) is 43.4 Å². The minimum absolute atomic E-state index is 0.333. The van der Waals surface area contributed by atoms with Crippen LogP contribution in [0, 0.1) is 11.3 Å². The Kier molecular flexibility index (Phi) is 3.14. The van der Waals surface area contributed by atoms with Gasteiger partial charge in [-0.15, -0.1) is 0 Å². The van der Waals surface area contributed by atoms with Crippen LogP contribution >= 0.6 is 0 Å². The summed E-state index contributed by atoms with van der Waals surface area (Å²) in [6, 6.07) is 0. The molecule has 0 aromatic heterocycles. The first kappa shape index (κ1) is 12.1. The van der Waals surface area contributed by atoms with E-state index in [0.717, 1.165) is 5.57 Å². The highest BCUT2D eigenvalue weighted by atomic mass is 16.5. The summed E-state index contributed by atoms with van der Waals surface area (Å²) >= 11 is 0. The number of hydrogen-bond acceptors (Lipinski definition) is 3. The summed E-state index contributed by atoms with van der Waals surface area (Å²) in [5, 5.41) is 0. The Bertz CT molecular complexity index is 300. The molecule has 2 radical (unpaired) electrons. The molecule has 2 unspecified atom stereocenters. The monoisotopic (exact) mass is 208 g/mol. The summed E-state index contributed by atoms with van der Waals surface area (Å²) in [6.07, 6.45) is 5.57. The average molecular weight is 208 g/mol. The van der Waals surface area contributed by atoms with Crippen molar-refractivity contribution < 1.29 is 14.3 Å². The van der Waals surface area contributed by atoms with E-state index < -0.39 is 16.9 Å².